The van der Waals surface area contributed by atoms with E-state index in [-0.39, 0.29) is 12.1 Å². The van der Waals surface area contributed by atoms with Crippen LogP contribution < -0.4 is 0 Å². The van der Waals surface area contributed by atoms with Crippen molar-refractivity contribution in [3.63, 3.8) is 0 Å². The van der Waals surface area contributed by atoms with E-state index in [1.807, 2.05) is 24.6 Å². The molecule has 0 radical (unpaired) electrons. The average Bonchev–Trinajstić information content (AvgIpc) is 3.07. The largest absolute Gasteiger partial charge is 0.507 e. The Morgan fingerprint density at radius 1 is 0.522 bits per heavy atom. The number of hydrogen-bond donors (Lipinski definition) is 2. The molecule has 4 nitrogen and oxygen atoms in total. The normalized spacial score (nSPS) is 17.0. The lowest BCUT2D eigenvalue weighted by Crippen LogP contribution is -2.27. The Balaban J connectivity index is 1.47. The van der Waals surface area contributed by atoms with Crippen molar-refractivity contribution in [2.45, 2.75) is 180 Å². The van der Waals surface area contributed by atoms with E-state index >= 15 is 0 Å². The van der Waals surface area contributed by atoms with Gasteiger partial charge in [0.2, 0.25) is 0 Å². The van der Waals surface area contributed by atoms with E-state index in [1.165, 1.54) is 127 Å². The van der Waals surface area contributed by atoms with Crippen LogP contribution in [0.1, 0.15) is 177 Å². The number of aryl methyl sites for hydroxylation is 2. The van der Waals surface area contributed by atoms with E-state index in [9.17, 15) is 10.2 Å². The van der Waals surface area contributed by atoms with Gasteiger partial charge in [0.05, 0.1) is 12.1 Å². The van der Waals surface area contributed by atoms with Gasteiger partial charge in [0, 0.05) is 23.6 Å². The Hall–Kier alpha value is -2.62. The van der Waals surface area contributed by atoms with Crippen LogP contribution in [0.15, 0.2) is 46.4 Å². The maximum Gasteiger partial charge on any atom is 0.124 e. The first-order valence-electron chi connectivity index (χ1n) is 19.3. The molecule has 0 spiro atoms. The molecule has 1 saturated carbocycles. The predicted octanol–water partition coefficient (Wildman–Crippen LogP) is 12.1. The highest BCUT2D eigenvalue weighted by Crippen LogP contribution is 2.26. The fourth-order valence-corrected chi connectivity index (χ4v) is 6.80. The van der Waals surface area contributed by atoms with Crippen molar-refractivity contribution in [2.24, 2.45) is 9.98 Å². The molecular weight excluding hydrogens is 564 g/mol. The number of rotatable bonds is 24. The van der Waals surface area contributed by atoms with Crippen molar-refractivity contribution in [1.82, 2.24) is 0 Å². The van der Waals surface area contributed by atoms with Crippen molar-refractivity contribution in [3.05, 3.63) is 58.7 Å². The topological polar surface area (TPSA) is 65.2 Å². The summed E-state index contributed by atoms with van der Waals surface area (Å²) in [6, 6.07) is 12.2. The number of benzene rings is 2. The molecule has 0 heterocycles. The summed E-state index contributed by atoms with van der Waals surface area (Å²) >= 11 is 0. The second-order valence-corrected chi connectivity index (χ2v) is 13.9. The first kappa shape index (κ1) is 37.8. The fourth-order valence-electron chi connectivity index (χ4n) is 6.80. The number of aromatic hydroxyl groups is 2. The van der Waals surface area contributed by atoms with Crippen molar-refractivity contribution >= 4 is 12.4 Å². The summed E-state index contributed by atoms with van der Waals surface area (Å²) in [4.78, 5) is 9.93. The first-order valence-corrected chi connectivity index (χ1v) is 19.3. The van der Waals surface area contributed by atoms with Gasteiger partial charge in [-0.2, -0.15) is 0 Å². The number of hydrogen-bond acceptors (Lipinski definition) is 4. The van der Waals surface area contributed by atoms with Crippen molar-refractivity contribution in [1.29, 1.82) is 0 Å². The van der Waals surface area contributed by atoms with Gasteiger partial charge in [-0.3, -0.25) is 9.98 Å². The number of nitrogens with zero attached hydrogens (tertiary/aromatic N) is 2. The molecule has 1 fully saturated rings. The maximum atomic E-state index is 10.6. The van der Waals surface area contributed by atoms with E-state index in [2.05, 4.69) is 38.1 Å². The monoisotopic (exact) mass is 631 g/mol. The van der Waals surface area contributed by atoms with Gasteiger partial charge in [0.1, 0.15) is 11.5 Å². The van der Waals surface area contributed by atoms with Crippen LogP contribution in [-0.2, 0) is 12.8 Å². The van der Waals surface area contributed by atoms with Gasteiger partial charge in [0.15, 0.2) is 0 Å². The Morgan fingerprint density at radius 3 is 1.24 bits per heavy atom. The Morgan fingerprint density at radius 2 is 0.870 bits per heavy atom. The summed E-state index contributed by atoms with van der Waals surface area (Å²) in [7, 11) is 0. The lowest BCUT2D eigenvalue weighted by molar-refractivity contribution is 0.390. The second kappa shape index (κ2) is 23.7. The van der Waals surface area contributed by atoms with Crippen LogP contribution in [-0.4, -0.2) is 34.7 Å². The van der Waals surface area contributed by atoms with Crippen LogP contribution in [0.3, 0.4) is 0 Å². The minimum Gasteiger partial charge on any atom is -0.507 e. The standard InChI is InChI=1S/C42H66N2O2/c1-3-5-7-9-11-13-14-16-18-20-24-36-28-30-42(46)38(32-36)34-44-40-26-22-21-25-39(40)43-33-37-31-35(27-29-41(37)45)23-19-17-15-12-10-8-6-4-2/h27-34,39-40,45-46H,3-26H2,1-2H3/t39-,40-/m0/s1. The molecule has 46 heavy (non-hydrogen) atoms. The Bertz CT molecular complexity index is 1140. The van der Waals surface area contributed by atoms with Crippen LogP contribution in [0, 0.1) is 0 Å². The molecule has 2 N–H and O–H groups in total. The minimum absolute atomic E-state index is 0.0951. The number of phenolic OH excluding ortho intramolecular Hbond substituents is 2. The predicted molar refractivity (Wildman–Crippen MR) is 199 cm³/mol. The smallest absolute Gasteiger partial charge is 0.124 e. The highest BCUT2D eigenvalue weighted by Gasteiger charge is 2.23. The van der Waals surface area contributed by atoms with Gasteiger partial charge in [-0.1, -0.05) is 142 Å². The van der Waals surface area contributed by atoms with Gasteiger partial charge in [-0.05, 0) is 73.9 Å². The molecule has 4 heteroatoms. The molecule has 2 atom stereocenters. The van der Waals surface area contributed by atoms with Crippen LogP contribution in [0.5, 0.6) is 11.5 Å². The summed E-state index contributed by atoms with van der Waals surface area (Å²) in [6.45, 7) is 4.55. The molecule has 0 unspecified atom stereocenters. The Labute approximate surface area is 282 Å². The number of unbranched alkanes of at least 4 members (excludes halogenated alkanes) is 16. The molecule has 0 amide bonds. The first-order chi connectivity index (χ1) is 22.6. The van der Waals surface area contributed by atoms with Crippen LogP contribution in [0.25, 0.3) is 0 Å². The third kappa shape index (κ3) is 15.3. The lowest BCUT2D eigenvalue weighted by Gasteiger charge is -2.25. The van der Waals surface area contributed by atoms with Gasteiger partial charge in [-0.15, -0.1) is 0 Å². The zero-order chi connectivity index (χ0) is 32.7. The molecule has 0 saturated heterocycles. The minimum atomic E-state index is 0.0951. The number of aliphatic imine (C=N–C) groups is 2. The molecule has 0 bridgehead atoms. The fraction of sp³-hybridized carbons (Fsp3) is 0.667. The van der Waals surface area contributed by atoms with Gasteiger partial charge < -0.3 is 10.2 Å². The summed E-state index contributed by atoms with van der Waals surface area (Å²) in [5.41, 5.74) is 4.17. The van der Waals surface area contributed by atoms with Crippen LogP contribution in [0.4, 0.5) is 0 Å². The highest BCUT2D eigenvalue weighted by molar-refractivity contribution is 5.84. The second-order valence-electron chi connectivity index (χ2n) is 13.9. The molecule has 1 aliphatic rings. The van der Waals surface area contributed by atoms with E-state index in [4.69, 9.17) is 9.98 Å². The van der Waals surface area contributed by atoms with E-state index in [1.54, 1.807) is 0 Å². The zero-order valence-electron chi connectivity index (χ0n) is 29.5. The molecule has 3 rings (SSSR count). The third-order valence-corrected chi connectivity index (χ3v) is 9.83. The van der Waals surface area contributed by atoms with Crippen molar-refractivity contribution < 1.29 is 10.2 Å². The highest BCUT2D eigenvalue weighted by atomic mass is 16.3. The molecular formula is C42H66N2O2. The summed E-state index contributed by atoms with van der Waals surface area (Å²) in [5.74, 6) is 0.591. The van der Waals surface area contributed by atoms with Gasteiger partial charge in [0.25, 0.3) is 0 Å². The van der Waals surface area contributed by atoms with Gasteiger partial charge in [-0.25, -0.2) is 0 Å². The third-order valence-electron chi connectivity index (χ3n) is 9.83. The lowest BCUT2D eigenvalue weighted by atomic mass is 9.91. The summed E-state index contributed by atoms with van der Waals surface area (Å²) < 4.78 is 0. The van der Waals surface area contributed by atoms with Crippen LogP contribution >= 0.6 is 0 Å². The van der Waals surface area contributed by atoms with Crippen molar-refractivity contribution in [2.75, 3.05) is 0 Å². The van der Waals surface area contributed by atoms with E-state index in [0.29, 0.717) is 11.5 Å². The Kier molecular flexibility index (Phi) is 19.5. The van der Waals surface area contributed by atoms with E-state index < -0.39 is 0 Å². The van der Waals surface area contributed by atoms with Crippen LogP contribution in [0.2, 0.25) is 0 Å². The zero-order valence-corrected chi connectivity index (χ0v) is 29.5. The summed E-state index contributed by atoms with van der Waals surface area (Å²) in [6.07, 6.45) is 34.1. The molecule has 2 aromatic carbocycles. The molecule has 1 aliphatic carbocycles. The SMILES string of the molecule is CCCCCCCCCCCCc1ccc(O)c(C=N[C@H]2CCCC[C@@H]2N=Cc2cc(CCCCCCCCCC)ccc2O)c1. The molecule has 0 aromatic heterocycles. The molecule has 2 aromatic rings. The molecule has 0 aliphatic heterocycles. The maximum absolute atomic E-state index is 10.6. The quantitative estimate of drug-likeness (QED) is 0.0895. The average molecular weight is 631 g/mol. The van der Waals surface area contributed by atoms with Crippen molar-refractivity contribution in [3.8, 4) is 11.5 Å². The summed E-state index contributed by atoms with van der Waals surface area (Å²) in [5, 5.41) is 21.1. The van der Waals surface area contributed by atoms with Gasteiger partial charge >= 0.3 is 0 Å². The molecule has 256 valence electrons. The number of phenols is 2. The van der Waals surface area contributed by atoms with E-state index in [0.717, 1.165) is 49.7 Å².